The molecule has 0 fully saturated rings. The van der Waals surface area contributed by atoms with Crippen molar-refractivity contribution >= 4 is 18.9 Å². The van der Waals surface area contributed by atoms with Crippen LogP contribution in [-0.4, -0.2) is 29.6 Å². The monoisotopic (exact) mass is 442 g/mol. The first kappa shape index (κ1) is 22.2. The van der Waals surface area contributed by atoms with E-state index >= 15 is 0 Å². The first-order valence-electron chi connectivity index (χ1n) is 9.10. The van der Waals surface area contributed by atoms with E-state index in [1.54, 1.807) is 60.7 Å². The number of benzene rings is 2. The quantitative estimate of drug-likeness (QED) is 0.288. The van der Waals surface area contributed by atoms with Gasteiger partial charge in [0.05, 0.1) is 18.7 Å². The Balaban J connectivity index is 2.16. The zero-order valence-corrected chi connectivity index (χ0v) is 17.1. The van der Waals surface area contributed by atoms with E-state index in [9.17, 15) is 24.1 Å². The van der Waals surface area contributed by atoms with E-state index in [2.05, 4.69) is 0 Å². The zero-order valence-electron chi connectivity index (χ0n) is 16.2. The molecule has 0 aliphatic rings. The Morgan fingerprint density at radius 3 is 1.94 bits per heavy atom. The third-order valence-electron chi connectivity index (χ3n) is 4.44. The molecule has 0 saturated heterocycles. The number of carbonyl (C=O) groups excluding carboxylic acids is 1. The summed E-state index contributed by atoms with van der Waals surface area (Å²) in [6, 6.07) is 17.6. The lowest BCUT2D eigenvalue weighted by Crippen LogP contribution is -2.41. The molecule has 0 spiro atoms. The number of hydrogen-bond acceptors (Lipinski definition) is 5. The second-order valence-electron chi connectivity index (χ2n) is 6.73. The maximum absolute atomic E-state index is 13.0. The molecule has 3 N–H and O–H groups in total. The molecular weight excluding hydrogens is 423 g/mol. The number of carbonyl (C=O) groups is 1. The molecule has 1 heterocycles. The molecule has 0 atom stereocenters. The summed E-state index contributed by atoms with van der Waals surface area (Å²) in [4.78, 5) is 55.4. The van der Waals surface area contributed by atoms with Crippen molar-refractivity contribution in [2.45, 2.75) is 13.1 Å². The van der Waals surface area contributed by atoms with Crippen LogP contribution in [0.25, 0.3) is 5.76 Å². The maximum atomic E-state index is 13.0. The van der Waals surface area contributed by atoms with Crippen LogP contribution in [0.3, 0.4) is 0 Å². The van der Waals surface area contributed by atoms with Crippen LogP contribution < -0.4 is 11.2 Å². The molecule has 10 heteroatoms. The third-order valence-corrected chi connectivity index (χ3v) is 5.14. The van der Waals surface area contributed by atoms with Crippen molar-refractivity contribution in [3.05, 3.63) is 110 Å². The molecule has 2 aromatic carbocycles. The molecule has 0 aliphatic heterocycles. The Kier molecular flexibility index (Phi) is 6.50. The smallest absolute Gasteiger partial charge is 0.396 e. The number of nitrogens with zero attached hydrogens (tertiary/aromatic N) is 2. The molecule has 0 aliphatic carbocycles. The fourth-order valence-electron chi connectivity index (χ4n) is 2.91. The second-order valence-corrected chi connectivity index (χ2v) is 8.26. The highest BCUT2D eigenvalue weighted by atomic mass is 31.2. The van der Waals surface area contributed by atoms with Gasteiger partial charge in [-0.3, -0.25) is 23.3 Å². The number of rotatable bonds is 7. The number of aliphatic hydroxyl groups excluding tert-OH is 1. The predicted octanol–water partition coefficient (Wildman–Crippen LogP) is 1.71. The van der Waals surface area contributed by atoms with Gasteiger partial charge >= 0.3 is 13.3 Å². The Morgan fingerprint density at radius 2 is 1.42 bits per heavy atom. The van der Waals surface area contributed by atoms with Crippen molar-refractivity contribution < 1.29 is 24.3 Å². The molecule has 0 amide bonds. The first-order valence-corrected chi connectivity index (χ1v) is 10.7. The molecule has 1 aromatic heterocycles. The molecule has 160 valence electrons. The highest BCUT2D eigenvalue weighted by Gasteiger charge is 2.25. The van der Waals surface area contributed by atoms with E-state index in [1.165, 1.54) is 4.57 Å². The fourth-order valence-corrected chi connectivity index (χ4v) is 3.20. The first-order chi connectivity index (χ1) is 14.7. The van der Waals surface area contributed by atoms with Crippen molar-refractivity contribution in [2.24, 2.45) is 0 Å². The van der Waals surface area contributed by atoms with Gasteiger partial charge in [-0.1, -0.05) is 60.7 Å². The van der Waals surface area contributed by atoms with E-state index < -0.39 is 35.7 Å². The van der Waals surface area contributed by atoms with Gasteiger partial charge < -0.3 is 14.9 Å². The summed E-state index contributed by atoms with van der Waals surface area (Å²) in [5.41, 5.74) is -2.23. The summed E-state index contributed by atoms with van der Waals surface area (Å²) in [6.45, 7) is -0.0255. The number of aliphatic hydroxyl groups is 1. The summed E-state index contributed by atoms with van der Waals surface area (Å²) < 4.78 is 13.2. The Morgan fingerprint density at radius 1 is 0.903 bits per heavy atom. The van der Waals surface area contributed by atoms with Crippen LogP contribution in [0, 0.1) is 0 Å². The lowest BCUT2D eigenvalue weighted by atomic mass is 10.2. The van der Waals surface area contributed by atoms with Crippen LogP contribution in [0.1, 0.15) is 16.7 Å². The van der Waals surface area contributed by atoms with Crippen molar-refractivity contribution in [3.8, 4) is 0 Å². The van der Waals surface area contributed by atoms with Gasteiger partial charge in [0, 0.05) is 12.3 Å². The van der Waals surface area contributed by atoms with Crippen molar-refractivity contribution in [3.63, 3.8) is 0 Å². The second kappa shape index (κ2) is 9.09. The molecule has 9 nitrogen and oxygen atoms in total. The van der Waals surface area contributed by atoms with Crippen LogP contribution in [0.2, 0.25) is 0 Å². The van der Waals surface area contributed by atoms with Crippen LogP contribution in [0.15, 0.2) is 82.5 Å². The minimum Gasteiger partial charge on any atom is -0.507 e. The Bertz CT molecular complexity index is 1290. The van der Waals surface area contributed by atoms with Crippen LogP contribution >= 0.6 is 7.60 Å². The minimum absolute atomic E-state index is 0.0709. The van der Waals surface area contributed by atoms with Gasteiger partial charge in [-0.15, -0.1) is 0 Å². The lowest BCUT2D eigenvalue weighted by Gasteiger charge is -2.13. The summed E-state index contributed by atoms with van der Waals surface area (Å²) in [5.74, 6) is -0.943. The lowest BCUT2D eigenvalue weighted by molar-refractivity contribution is -0.109. The van der Waals surface area contributed by atoms with Crippen molar-refractivity contribution in [2.75, 3.05) is 0 Å². The molecular formula is C21H19N2O7P. The van der Waals surface area contributed by atoms with Gasteiger partial charge in [0.1, 0.15) is 5.76 Å². The fraction of sp³-hybridized carbons (Fsp3) is 0.0952. The zero-order chi connectivity index (χ0) is 22.6. The minimum atomic E-state index is -5.14. The average Bonchev–Trinajstić information content (AvgIpc) is 2.74. The van der Waals surface area contributed by atoms with Crippen molar-refractivity contribution in [1.29, 1.82) is 0 Å². The van der Waals surface area contributed by atoms with Gasteiger partial charge in [-0.05, 0) is 11.1 Å². The van der Waals surface area contributed by atoms with E-state index in [0.29, 0.717) is 11.6 Å². The van der Waals surface area contributed by atoms with Gasteiger partial charge in [-0.2, -0.15) is 0 Å². The summed E-state index contributed by atoms with van der Waals surface area (Å²) >= 11 is 0. The molecule has 0 radical (unpaired) electrons. The topological polar surface area (TPSA) is 139 Å². The van der Waals surface area contributed by atoms with Gasteiger partial charge in [0.15, 0.2) is 0 Å². The number of allylic oxidation sites excluding steroid dienone is 1. The normalized spacial score (nSPS) is 12.0. The summed E-state index contributed by atoms with van der Waals surface area (Å²) in [7, 11) is -5.14. The van der Waals surface area contributed by atoms with E-state index in [0.717, 1.165) is 16.3 Å². The van der Waals surface area contributed by atoms with Crippen LogP contribution in [-0.2, 0) is 22.4 Å². The van der Waals surface area contributed by atoms with E-state index in [4.69, 9.17) is 9.79 Å². The molecule has 3 rings (SSSR count). The van der Waals surface area contributed by atoms with E-state index in [-0.39, 0.29) is 13.1 Å². The predicted molar refractivity (Wildman–Crippen MR) is 114 cm³/mol. The molecule has 31 heavy (non-hydrogen) atoms. The average molecular weight is 442 g/mol. The third kappa shape index (κ3) is 5.35. The largest absolute Gasteiger partial charge is 0.507 e. The standard InChI is InChI=1S/C21H19N2O7P/c24-18(11-19(25)31(28,29)30)17-14-22(12-15-7-3-1-4-8-15)21(27)23(20(17)26)13-16-9-5-2-6-10-16/h1-11,14,24H,12-13H2,(H2,28,29,30). The SMILES string of the molecule is O=C(C=C(O)c1cn(Cc2ccccc2)c(=O)n(Cc2ccccc2)c1=O)P(=O)(O)O. The molecule has 0 saturated carbocycles. The molecule has 0 unspecified atom stereocenters. The van der Waals surface area contributed by atoms with Crippen LogP contribution in [0.4, 0.5) is 0 Å². The maximum Gasteiger partial charge on any atom is 0.396 e. The summed E-state index contributed by atoms with van der Waals surface area (Å²) in [5, 5.41) is 10.3. The molecule has 3 aromatic rings. The van der Waals surface area contributed by atoms with Gasteiger partial charge in [0.2, 0.25) is 0 Å². The van der Waals surface area contributed by atoms with Crippen molar-refractivity contribution in [1.82, 2.24) is 9.13 Å². The summed E-state index contributed by atoms with van der Waals surface area (Å²) in [6.07, 6.45) is 1.36. The highest BCUT2D eigenvalue weighted by Crippen LogP contribution is 2.36. The number of hydrogen-bond donors (Lipinski definition) is 3. The van der Waals surface area contributed by atoms with Crippen LogP contribution in [0.5, 0.6) is 0 Å². The Hall–Kier alpha value is -3.52. The number of aromatic nitrogens is 2. The Labute approximate surface area is 176 Å². The van der Waals surface area contributed by atoms with Gasteiger partial charge in [0.25, 0.3) is 11.1 Å². The van der Waals surface area contributed by atoms with E-state index in [1.807, 2.05) is 0 Å². The molecule has 0 bridgehead atoms. The van der Waals surface area contributed by atoms with Gasteiger partial charge in [-0.25, -0.2) is 4.79 Å². The highest BCUT2D eigenvalue weighted by molar-refractivity contribution is 7.70.